The summed E-state index contributed by atoms with van der Waals surface area (Å²) in [5, 5.41) is 47.7. The first-order chi connectivity index (χ1) is 11.5. The van der Waals surface area contributed by atoms with Crippen molar-refractivity contribution in [2.24, 2.45) is 5.73 Å². The zero-order valence-corrected chi connectivity index (χ0v) is 14.5. The monoisotopic (exact) mass is 366 g/mol. The van der Waals surface area contributed by atoms with Crippen LogP contribution in [0.1, 0.15) is 19.3 Å². The van der Waals surface area contributed by atoms with Gasteiger partial charge >= 0.3 is 0 Å². The molecule has 0 aromatic rings. The third kappa shape index (κ3) is 7.11. The molecule has 24 heavy (non-hydrogen) atoms. The van der Waals surface area contributed by atoms with E-state index in [2.05, 4.69) is 16.0 Å². The van der Waals surface area contributed by atoms with Crippen LogP contribution in [0.3, 0.4) is 0 Å². The van der Waals surface area contributed by atoms with Gasteiger partial charge in [0.25, 0.3) is 0 Å². The van der Waals surface area contributed by atoms with Crippen LogP contribution in [0.15, 0.2) is 0 Å². The van der Waals surface area contributed by atoms with Crippen molar-refractivity contribution in [1.29, 1.82) is 0 Å². The van der Waals surface area contributed by atoms with Crippen LogP contribution >= 0.6 is 12.2 Å². The largest absolute Gasteiger partial charge is 0.394 e. The van der Waals surface area contributed by atoms with Gasteiger partial charge in [0.05, 0.1) is 6.61 Å². The van der Waals surface area contributed by atoms with Crippen LogP contribution < -0.4 is 21.7 Å². The van der Waals surface area contributed by atoms with Gasteiger partial charge in [-0.05, 0) is 51.1 Å². The Labute approximate surface area is 147 Å². The van der Waals surface area contributed by atoms with E-state index < -0.39 is 37.3 Å². The second-order valence-electron chi connectivity index (χ2n) is 5.75. The zero-order chi connectivity index (χ0) is 17.9. The molecule has 1 rings (SSSR count). The van der Waals surface area contributed by atoms with E-state index in [4.69, 9.17) is 27.8 Å². The van der Waals surface area contributed by atoms with Gasteiger partial charge in [0.15, 0.2) is 11.3 Å². The van der Waals surface area contributed by atoms with Gasteiger partial charge in [-0.15, -0.1) is 0 Å². The number of aliphatic hydroxyl groups is 4. The molecule has 0 unspecified atom stereocenters. The summed E-state index contributed by atoms with van der Waals surface area (Å²) in [5.41, 5.74) is 5.41. The Kier molecular flexibility index (Phi) is 10.6. The molecular weight excluding hydrogens is 336 g/mol. The van der Waals surface area contributed by atoms with Crippen LogP contribution in [0.2, 0.25) is 0 Å². The predicted molar refractivity (Wildman–Crippen MR) is 93.3 cm³/mol. The maximum absolute atomic E-state index is 9.90. The molecule has 0 radical (unpaired) electrons. The highest BCUT2D eigenvalue weighted by atomic mass is 32.1. The van der Waals surface area contributed by atoms with Crippen molar-refractivity contribution in [3.8, 4) is 0 Å². The molecule has 1 aliphatic heterocycles. The molecule has 1 heterocycles. The van der Waals surface area contributed by atoms with Gasteiger partial charge in [-0.3, -0.25) is 0 Å². The molecular formula is C14H30N4O5S. The van der Waals surface area contributed by atoms with E-state index in [0.717, 1.165) is 32.4 Å². The lowest BCUT2D eigenvalue weighted by atomic mass is 9.98. The Balaban J connectivity index is 2.20. The summed E-state index contributed by atoms with van der Waals surface area (Å²) in [4.78, 5) is 0. The Hall–Kier alpha value is -0.590. The Morgan fingerprint density at radius 1 is 1.00 bits per heavy atom. The van der Waals surface area contributed by atoms with Crippen LogP contribution in [0.4, 0.5) is 0 Å². The molecule has 0 amide bonds. The molecule has 9 N–H and O–H groups in total. The molecule has 0 aliphatic carbocycles. The Bertz CT molecular complexity index is 364. The lowest BCUT2D eigenvalue weighted by molar-refractivity contribution is -0.232. The quantitative estimate of drug-likeness (QED) is 0.148. The van der Waals surface area contributed by atoms with Crippen LogP contribution in [-0.2, 0) is 4.74 Å². The number of ether oxygens (including phenoxy) is 1. The molecule has 0 bridgehead atoms. The summed E-state index contributed by atoms with van der Waals surface area (Å²) in [6.45, 7) is 2.65. The van der Waals surface area contributed by atoms with Gasteiger partial charge in [0.1, 0.15) is 24.4 Å². The van der Waals surface area contributed by atoms with Crippen molar-refractivity contribution in [3.05, 3.63) is 0 Å². The fraction of sp³-hybridized carbons (Fsp3) is 0.929. The molecule has 142 valence electrons. The average Bonchev–Trinajstić information content (AvgIpc) is 2.57. The molecule has 0 aromatic heterocycles. The first kappa shape index (κ1) is 21.5. The van der Waals surface area contributed by atoms with Crippen LogP contribution in [0.25, 0.3) is 0 Å². The minimum absolute atomic E-state index is 0.266. The summed E-state index contributed by atoms with van der Waals surface area (Å²) >= 11 is 5.11. The summed E-state index contributed by atoms with van der Waals surface area (Å²) in [6.07, 6.45) is -3.19. The number of rotatable bonds is 10. The van der Waals surface area contributed by atoms with E-state index in [9.17, 15) is 15.3 Å². The summed E-state index contributed by atoms with van der Waals surface area (Å²) < 4.78 is 5.31. The number of hydrogen-bond donors (Lipinski definition) is 8. The van der Waals surface area contributed by atoms with Crippen molar-refractivity contribution >= 4 is 17.3 Å². The number of aliphatic hydroxyl groups excluding tert-OH is 4. The fourth-order valence-electron chi connectivity index (χ4n) is 2.34. The number of nitrogens with two attached hydrogens (primary N) is 1. The van der Waals surface area contributed by atoms with Gasteiger partial charge < -0.3 is 46.8 Å². The van der Waals surface area contributed by atoms with E-state index in [0.29, 0.717) is 13.1 Å². The Morgan fingerprint density at radius 2 is 1.71 bits per heavy atom. The van der Waals surface area contributed by atoms with Crippen LogP contribution in [-0.4, -0.2) is 89.0 Å². The molecule has 0 saturated carbocycles. The van der Waals surface area contributed by atoms with Crippen molar-refractivity contribution in [2.45, 2.75) is 49.9 Å². The van der Waals surface area contributed by atoms with Gasteiger partial charge in [-0.2, -0.15) is 0 Å². The third-order valence-corrected chi connectivity index (χ3v) is 4.05. The average molecular weight is 366 g/mol. The summed E-state index contributed by atoms with van der Waals surface area (Å²) in [7, 11) is 0. The second-order valence-corrected chi connectivity index (χ2v) is 6.16. The van der Waals surface area contributed by atoms with Crippen molar-refractivity contribution in [3.63, 3.8) is 0 Å². The van der Waals surface area contributed by atoms with E-state index in [1.165, 1.54) is 0 Å². The fourth-order valence-corrected chi connectivity index (χ4v) is 2.55. The first-order valence-corrected chi connectivity index (χ1v) is 8.67. The van der Waals surface area contributed by atoms with E-state index in [-0.39, 0.29) is 5.11 Å². The topological polar surface area (TPSA) is 152 Å². The van der Waals surface area contributed by atoms with Crippen LogP contribution in [0, 0.1) is 0 Å². The SMILES string of the molecule is NCCCCNCCCNC(=S)N[C@@H]1O[C@H](CO)[C@H](O)[C@H](O)[C@H]1O. The molecule has 5 atom stereocenters. The highest BCUT2D eigenvalue weighted by molar-refractivity contribution is 7.80. The third-order valence-electron chi connectivity index (χ3n) is 3.79. The number of hydrogen-bond acceptors (Lipinski definition) is 8. The standard InChI is InChI=1S/C14H30N4O5S/c15-4-1-2-5-16-6-3-7-17-14(24)18-13-12(22)11(21)10(20)9(8-19)23-13/h9-13,16,19-22H,1-8,15H2,(H2,17,18,24)/t9-,10+,11+,12-,13-/m1/s1. The molecule has 1 aliphatic rings. The molecule has 10 heteroatoms. The van der Waals surface area contributed by atoms with Gasteiger partial charge in [0, 0.05) is 6.54 Å². The van der Waals surface area contributed by atoms with E-state index in [1.54, 1.807) is 0 Å². The minimum Gasteiger partial charge on any atom is -0.394 e. The molecule has 1 saturated heterocycles. The zero-order valence-electron chi connectivity index (χ0n) is 13.7. The molecule has 0 spiro atoms. The predicted octanol–water partition coefficient (Wildman–Crippen LogP) is -3.03. The first-order valence-electron chi connectivity index (χ1n) is 8.27. The second kappa shape index (κ2) is 11.9. The van der Waals surface area contributed by atoms with Crippen LogP contribution in [0.5, 0.6) is 0 Å². The van der Waals surface area contributed by atoms with E-state index >= 15 is 0 Å². The number of unbranched alkanes of at least 4 members (excludes halogenated alkanes) is 1. The normalized spacial score (nSPS) is 30.1. The number of nitrogens with one attached hydrogen (secondary N) is 3. The maximum atomic E-state index is 9.90. The smallest absolute Gasteiger partial charge is 0.168 e. The maximum Gasteiger partial charge on any atom is 0.168 e. The van der Waals surface area contributed by atoms with Crippen molar-refractivity contribution < 1.29 is 25.2 Å². The molecule has 1 fully saturated rings. The molecule has 9 nitrogen and oxygen atoms in total. The lowest BCUT2D eigenvalue weighted by Gasteiger charge is -2.40. The van der Waals surface area contributed by atoms with Crippen molar-refractivity contribution in [2.75, 3.05) is 32.8 Å². The van der Waals surface area contributed by atoms with E-state index in [1.807, 2.05) is 0 Å². The van der Waals surface area contributed by atoms with Gasteiger partial charge in [0.2, 0.25) is 0 Å². The highest BCUT2D eigenvalue weighted by Gasteiger charge is 2.43. The summed E-state index contributed by atoms with van der Waals surface area (Å²) in [5.74, 6) is 0. The summed E-state index contributed by atoms with van der Waals surface area (Å²) in [6, 6.07) is 0. The minimum atomic E-state index is -1.42. The number of thiocarbonyl (C=S) groups is 1. The van der Waals surface area contributed by atoms with Gasteiger partial charge in [-0.1, -0.05) is 0 Å². The van der Waals surface area contributed by atoms with Crippen molar-refractivity contribution in [1.82, 2.24) is 16.0 Å². The molecule has 0 aromatic carbocycles. The Morgan fingerprint density at radius 3 is 2.38 bits per heavy atom. The lowest BCUT2D eigenvalue weighted by Crippen LogP contribution is -2.64. The highest BCUT2D eigenvalue weighted by Crippen LogP contribution is 2.19. The van der Waals surface area contributed by atoms with Gasteiger partial charge in [-0.25, -0.2) is 0 Å².